The van der Waals surface area contributed by atoms with Crippen molar-refractivity contribution in [1.82, 2.24) is 4.57 Å². The van der Waals surface area contributed by atoms with Crippen LogP contribution in [0.25, 0.3) is 5.69 Å². The minimum absolute atomic E-state index is 0.134. The molecule has 0 aliphatic heterocycles. The molecule has 0 radical (unpaired) electrons. The number of para-hydroxylation sites is 1. The van der Waals surface area contributed by atoms with Gasteiger partial charge in [-0.05, 0) is 48.1 Å². The normalized spacial score (nSPS) is 15.2. The predicted octanol–water partition coefficient (Wildman–Crippen LogP) is 6.82. The van der Waals surface area contributed by atoms with Gasteiger partial charge in [-0.3, -0.25) is 9.59 Å². The van der Waals surface area contributed by atoms with E-state index in [0.717, 1.165) is 45.7 Å². The number of aromatic nitrogens is 1. The summed E-state index contributed by atoms with van der Waals surface area (Å²) in [6.07, 6.45) is 0.802. The third-order valence-electron chi connectivity index (χ3n) is 6.82. The van der Waals surface area contributed by atoms with Crippen LogP contribution in [-0.2, 0) is 22.4 Å². The van der Waals surface area contributed by atoms with E-state index in [4.69, 9.17) is 4.74 Å². The van der Waals surface area contributed by atoms with Crippen molar-refractivity contribution >= 4 is 11.8 Å². The molecule has 1 aromatic heterocycles. The highest BCUT2D eigenvalue weighted by Gasteiger charge is 2.37. The molecule has 4 nitrogen and oxygen atoms in total. The zero-order chi connectivity index (χ0) is 25.3. The summed E-state index contributed by atoms with van der Waals surface area (Å²) in [5, 5.41) is 0. The molecule has 36 heavy (non-hydrogen) atoms. The Bertz CT molecular complexity index is 1380. The molecule has 4 heteroatoms. The monoisotopic (exact) mass is 477 g/mol. The minimum Gasteiger partial charge on any atom is -0.451 e. The molecule has 1 aliphatic rings. The van der Waals surface area contributed by atoms with E-state index in [-0.39, 0.29) is 23.6 Å². The van der Waals surface area contributed by atoms with Crippen LogP contribution in [0.5, 0.6) is 0 Å². The van der Waals surface area contributed by atoms with E-state index in [2.05, 4.69) is 18.4 Å². The first-order valence-corrected chi connectivity index (χ1v) is 12.4. The van der Waals surface area contributed by atoms with Crippen LogP contribution in [0, 0.1) is 12.3 Å². The fourth-order valence-corrected chi connectivity index (χ4v) is 5.08. The Labute approximate surface area is 212 Å². The largest absolute Gasteiger partial charge is 0.451 e. The topological polar surface area (TPSA) is 48.3 Å². The lowest BCUT2D eigenvalue weighted by atomic mass is 9.76. The van der Waals surface area contributed by atoms with Crippen molar-refractivity contribution < 1.29 is 14.3 Å². The lowest BCUT2D eigenvalue weighted by Crippen LogP contribution is -2.28. The lowest BCUT2D eigenvalue weighted by Gasteiger charge is -2.30. The van der Waals surface area contributed by atoms with Gasteiger partial charge in [-0.25, -0.2) is 0 Å². The van der Waals surface area contributed by atoms with Crippen molar-refractivity contribution in [2.24, 2.45) is 5.41 Å². The maximum absolute atomic E-state index is 13.2. The number of nitrogens with zero attached hydrogens (tertiary/aromatic N) is 1. The SMILES string of the molecule is Cc1ccc(CC(=O)OC(c2ccccc2)c2cc3c(n2-c2ccccc2)CC(C)(C)CC3=O)cc1. The van der Waals surface area contributed by atoms with Crippen LogP contribution in [0.3, 0.4) is 0 Å². The Morgan fingerprint density at radius 1 is 0.917 bits per heavy atom. The molecule has 1 aliphatic carbocycles. The van der Waals surface area contributed by atoms with Crippen LogP contribution in [0.15, 0.2) is 91.0 Å². The summed E-state index contributed by atoms with van der Waals surface area (Å²) in [4.78, 5) is 26.4. The average Bonchev–Trinajstić information content (AvgIpc) is 3.23. The molecule has 4 aromatic rings. The highest BCUT2D eigenvalue weighted by Crippen LogP contribution is 2.40. The zero-order valence-electron chi connectivity index (χ0n) is 21.0. The van der Waals surface area contributed by atoms with Gasteiger partial charge >= 0.3 is 5.97 Å². The third kappa shape index (κ3) is 4.90. The van der Waals surface area contributed by atoms with Gasteiger partial charge in [-0.2, -0.15) is 0 Å². The molecule has 0 spiro atoms. The van der Waals surface area contributed by atoms with Gasteiger partial charge < -0.3 is 9.30 Å². The maximum atomic E-state index is 13.2. The molecule has 0 saturated heterocycles. The van der Waals surface area contributed by atoms with E-state index in [1.807, 2.05) is 97.9 Å². The van der Waals surface area contributed by atoms with E-state index >= 15 is 0 Å². The average molecular weight is 478 g/mol. The second-order valence-electron chi connectivity index (χ2n) is 10.5. The summed E-state index contributed by atoms with van der Waals surface area (Å²) < 4.78 is 8.34. The molecule has 182 valence electrons. The number of esters is 1. The number of benzene rings is 3. The van der Waals surface area contributed by atoms with Crippen molar-refractivity contribution in [2.45, 2.75) is 46.1 Å². The molecule has 5 rings (SSSR count). The lowest BCUT2D eigenvalue weighted by molar-refractivity contribution is -0.146. The second-order valence-corrected chi connectivity index (χ2v) is 10.5. The van der Waals surface area contributed by atoms with Crippen molar-refractivity contribution in [2.75, 3.05) is 0 Å². The Kier molecular flexibility index (Phi) is 6.36. The number of hydrogen-bond donors (Lipinski definition) is 0. The maximum Gasteiger partial charge on any atom is 0.311 e. The number of ketones is 1. The third-order valence-corrected chi connectivity index (χ3v) is 6.82. The summed E-state index contributed by atoms with van der Waals surface area (Å²) in [6.45, 7) is 6.29. The summed E-state index contributed by atoms with van der Waals surface area (Å²) in [5.74, 6) is -0.173. The zero-order valence-corrected chi connectivity index (χ0v) is 21.0. The van der Waals surface area contributed by atoms with E-state index < -0.39 is 6.10 Å². The molecule has 0 bridgehead atoms. The van der Waals surface area contributed by atoms with E-state index in [1.54, 1.807) is 0 Å². The van der Waals surface area contributed by atoms with E-state index in [9.17, 15) is 9.59 Å². The first-order chi connectivity index (χ1) is 17.3. The number of rotatable bonds is 6. The van der Waals surface area contributed by atoms with Gasteiger partial charge in [0.15, 0.2) is 11.9 Å². The van der Waals surface area contributed by atoms with Gasteiger partial charge in [0.2, 0.25) is 0 Å². The molecule has 1 atom stereocenters. The van der Waals surface area contributed by atoms with Crippen molar-refractivity contribution in [3.8, 4) is 5.69 Å². The van der Waals surface area contributed by atoms with Gasteiger partial charge in [0, 0.05) is 23.4 Å². The Morgan fingerprint density at radius 3 is 2.22 bits per heavy atom. The summed E-state index contributed by atoms with van der Waals surface area (Å²) in [6, 6.07) is 29.7. The summed E-state index contributed by atoms with van der Waals surface area (Å²) in [5.41, 5.74) is 6.23. The van der Waals surface area contributed by atoms with Crippen molar-refractivity contribution in [1.29, 1.82) is 0 Å². The van der Waals surface area contributed by atoms with Crippen LogP contribution < -0.4 is 0 Å². The fourth-order valence-electron chi connectivity index (χ4n) is 5.08. The van der Waals surface area contributed by atoms with Crippen LogP contribution in [0.4, 0.5) is 0 Å². The molecular weight excluding hydrogens is 446 g/mol. The Morgan fingerprint density at radius 2 is 1.56 bits per heavy atom. The summed E-state index contributed by atoms with van der Waals surface area (Å²) in [7, 11) is 0. The van der Waals surface area contributed by atoms with Crippen LogP contribution in [0.2, 0.25) is 0 Å². The quantitative estimate of drug-likeness (QED) is 0.286. The molecule has 0 amide bonds. The molecular formula is C32H31NO3. The molecule has 1 heterocycles. The van der Waals surface area contributed by atoms with E-state index in [0.29, 0.717) is 6.42 Å². The van der Waals surface area contributed by atoms with Crippen LogP contribution in [-0.4, -0.2) is 16.3 Å². The molecule has 3 aromatic carbocycles. The number of Topliss-reactive ketones (excluding diaryl/α,β-unsaturated/α-hetero) is 1. The molecule has 0 fully saturated rings. The number of aryl methyl sites for hydroxylation is 1. The van der Waals surface area contributed by atoms with Gasteiger partial charge in [0.05, 0.1) is 12.1 Å². The highest BCUT2D eigenvalue weighted by atomic mass is 16.5. The van der Waals surface area contributed by atoms with Gasteiger partial charge in [0.25, 0.3) is 0 Å². The smallest absolute Gasteiger partial charge is 0.311 e. The van der Waals surface area contributed by atoms with Gasteiger partial charge in [-0.1, -0.05) is 92.2 Å². The molecule has 1 unspecified atom stereocenters. The first-order valence-electron chi connectivity index (χ1n) is 12.4. The number of ether oxygens (including phenoxy) is 1. The van der Waals surface area contributed by atoms with Crippen LogP contribution in [0.1, 0.15) is 64.8 Å². The minimum atomic E-state index is -0.647. The van der Waals surface area contributed by atoms with Gasteiger partial charge in [0.1, 0.15) is 0 Å². The van der Waals surface area contributed by atoms with Crippen LogP contribution >= 0.6 is 0 Å². The molecule has 0 saturated carbocycles. The number of carbonyl (C=O) groups excluding carboxylic acids is 2. The Hall–Kier alpha value is -3.92. The Balaban J connectivity index is 1.61. The van der Waals surface area contributed by atoms with Crippen molar-refractivity contribution in [3.63, 3.8) is 0 Å². The standard InChI is InChI=1S/C32H31NO3/c1-22-14-16-23(17-15-22)18-30(35)36-31(24-10-6-4-7-11-24)27-19-26-28(20-32(2,3)21-29(26)34)33(27)25-12-8-5-9-13-25/h4-17,19,31H,18,20-21H2,1-3H3. The fraction of sp³-hybridized carbons (Fsp3) is 0.250. The first kappa shape index (κ1) is 23.8. The number of fused-ring (bicyclic) bond motifs is 1. The predicted molar refractivity (Wildman–Crippen MR) is 141 cm³/mol. The summed E-state index contributed by atoms with van der Waals surface area (Å²) >= 11 is 0. The van der Waals surface area contributed by atoms with E-state index in [1.165, 1.54) is 0 Å². The van der Waals surface area contributed by atoms with Gasteiger partial charge in [-0.15, -0.1) is 0 Å². The van der Waals surface area contributed by atoms with Crippen molar-refractivity contribution in [3.05, 3.63) is 125 Å². The highest BCUT2D eigenvalue weighted by molar-refractivity contribution is 5.99. The second kappa shape index (κ2) is 9.62. The number of carbonyl (C=O) groups is 2. The molecule has 0 N–H and O–H groups in total. The number of hydrogen-bond acceptors (Lipinski definition) is 3.